The van der Waals surface area contributed by atoms with Crippen LogP contribution in [0, 0.1) is 0 Å². The van der Waals surface area contributed by atoms with Crippen LogP contribution in [0.25, 0.3) is 0 Å². The molecule has 24 heavy (non-hydrogen) atoms. The molecule has 1 N–H and O–H groups in total. The maximum atomic E-state index is 13.0. The molecule has 2 aromatic rings. The molecule has 0 unspecified atom stereocenters. The summed E-state index contributed by atoms with van der Waals surface area (Å²) in [5.41, 5.74) is 2.13. The van der Waals surface area contributed by atoms with Crippen molar-refractivity contribution >= 4 is 62.5 Å². The van der Waals surface area contributed by atoms with Crippen molar-refractivity contribution in [2.45, 2.75) is 17.0 Å². The van der Waals surface area contributed by atoms with E-state index in [1.807, 2.05) is 25.1 Å². The summed E-state index contributed by atoms with van der Waals surface area (Å²) in [5.74, 6) is -0.316. The van der Waals surface area contributed by atoms with Crippen LogP contribution in [0.1, 0.15) is 12.5 Å². The number of carbonyl (C=O) groups is 2. The molecule has 0 saturated carbocycles. The van der Waals surface area contributed by atoms with Crippen molar-refractivity contribution in [2.75, 3.05) is 10.2 Å². The van der Waals surface area contributed by atoms with E-state index >= 15 is 0 Å². The third-order valence-corrected chi connectivity index (χ3v) is 6.41. The van der Waals surface area contributed by atoms with Crippen molar-refractivity contribution in [1.29, 1.82) is 0 Å². The van der Waals surface area contributed by atoms with Crippen molar-refractivity contribution in [3.05, 3.63) is 57.5 Å². The molecule has 0 aromatic heterocycles. The minimum atomic E-state index is -1.11. The van der Waals surface area contributed by atoms with Gasteiger partial charge in [-0.1, -0.05) is 33.6 Å². The van der Waals surface area contributed by atoms with E-state index in [4.69, 9.17) is 11.6 Å². The third kappa shape index (κ3) is 2.13. The van der Waals surface area contributed by atoms with Gasteiger partial charge in [0.25, 0.3) is 5.91 Å². The summed E-state index contributed by atoms with van der Waals surface area (Å²) >= 11 is 10.9. The Bertz CT molecular complexity index is 891. The predicted octanol–water partition coefficient (Wildman–Crippen LogP) is 4.38. The number of nitrogens with zero attached hydrogens (tertiary/aromatic N) is 1. The molecule has 4 rings (SSSR count). The highest BCUT2D eigenvalue weighted by Crippen LogP contribution is 2.56. The van der Waals surface area contributed by atoms with Crippen molar-refractivity contribution < 1.29 is 9.59 Å². The molecule has 2 heterocycles. The Morgan fingerprint density at radius 1 is 1.25 bits per heavy atom. The Morgan fingerprint density at radius 2 is 2.04 bits per heavy atom. The number of amides is 2. The van der Waals surface area contributed by atoms with E-state index in [1.165, 1.54) is 11.8 Å². The molecular weight excluding hydrogens is 412 g/mol. The van der Waals surface area contributed by atoms with Crippen LogP contribution in [0.15, 0.2) is 46.9 Å². The van der Waals surface area contributed by atoms with Crippen LogP contribution in [-0.4, -0.2) is 17.1 Å². The average Bonchev–Trinajstić information content (AvgIpc) is 2.96. The number of hydrogen-bond donors (Lipinski definition) is 1. The zero-order valence-corrected chi connectivity index (χ0v) is 15.7. The zero-order chi connectivity index (χ0) is 17.1. The minimum absolute atomic E-state index is 0.106. The molecular formula is C17H12BrClN2O2S. The summed E-state index contributed by atoms with van der Waals surface area (Å²) in [6.07, 6.45) is 0. The van der Waals surface area contributed by atoms with Gasteiger partial charge in [0.1, 0.15) is 0 Å². The lowest BCUT2D eigenvalue weighted by Gasteiger charge is -2.32. The van der Waals surface area contributed by atoms with Gasteiger partial charge in [0, 0.05) is 26.4 Å². The summed E-state index contributed by atoms with van der Waals surface area (Å²) in [6.45, 7) is 1.82. The highest BCUT2D eigenvalue weighted by molar-refractivity contribution is 9.10. The topological polar surface area (TPSA) is 49.4 Å². The summed E-state index contributed by atoms with van der Waals surface area (Å²) in [7, 11) is 0. The van der Waals surface area contributed by atoms with Gasteiger partial charge in [0.05, 0.1) is 5.25 Å². The maximum Gasteiger partial charge on any atom is 0.266 e. The second kappa shape index (κ2) is 5.51. The zero-order valence-electron chi connectivity index (χ0n) is 12.5. The van der Waals surface area contributed by atoms with Gasteiger partial charge in [0.2, 0.25) is 10.8 Å². The fraction of sp³-hybridized carbons (Fsp3) is 0.176. The monoisotopic (exact) mass is 422 g/mol. The van der Waals surface area contributed by atoms with E-state index in [0.29, 0.717) is 10.7 Å². The highest BCUT2D eigenvalue weighted by atomic mass is 79.9. The normalized spacial score (nSPS) is 25.3. The molecule has 122 valence electrons. The predicted molar refractivity (Wildman–Crippen MR) is 100 cm³/mol. The number of hydrogen-bond acceptors (Lipinski definition) is 3. The SMILES string of the molecule is C[C@H]1S[C@@]2(C(=O)Nc3ccc(Br)cc32)N(c2cccc(Cl)c2)C1=O. The first-order valence-electron chi connectivity index (χ1n) is 7.32. The molecule has 1 fully saturated rings. The number of fused-ring (bicyclic) bond motifs is 2. The molecule has 2 amide bonds. The molecule has 1 spiro atoms. The van der Waals surface area contributed by atoms with E-state index in [0.717, 1.165) is 15.7 Å². The van der Waals surface area contributed by atoms with Gasteiger partial charge in [-0.3, -0.25) is 14.5 Å². The first kappa shape index (κ1) is 16.0. The Balaban J connectivity index is 1.97. The Labute approximate surface area is 156 Å². The first-order chi connectivity index (χ1) is 11.4. The van der Waals surface area contributed by atoms with Crippen LogP contribution < -0.4 is 10.2 Å². The number of benzene rings is 2. The van der Waals surface area contributed by atoms with Crippen molar-refractivity contribution in [3.8, 4) is 0 Å². The molecule has 0 bridgehead atoms. The highest BCUT2D eigenvalue weighted by Gasteiger charge is 2.61. The van der Waals surface area contributed by atoms with Crippen molar-refractivity contribution in [3.63, 3.8) is 0 Å². The molecule has 2 aliphatic rings. The molecule has 2 aromatic carbocycles. The Morgan fingerprint density at radius 3 is 2.79 bits per heavy atom. The lowest BCUT2D eigenvalue weighted by atomic mass is 10.0. The molecule has 1 saturated heterocycles. The van der Waals surface area contributed by atoms with E-state index in [9.17, 15) is 9.59 Å². The Hall–Kier alpha value is -1.50. The fourth-order valence-corrected chi connectivity index (χ4v) is 5.21. The third-order valence-electron chi connectivity index (χ3n) is 4.20. The van der Waals surface area contributed by atoms with E-state index in [2.05, 4.69) is 21.2 Å². The van der Waals surface area contributed by atoms with Gasteiger partial charge in [-0.25, -0.2) is 0 Å². The quantitative estimate of drug-likeness (QED) is 0.741. The molecule has 4 nitrogen and oxygen atoms in total. The molecule has 7 heteroatoms. The number of thioether (sulfide) groups is 1. The number of anilines is 2. The van der Waals surface area contributed by atoms with Gasteiger partial charge >= 0.3 is 0 Å². The summed E-state index contributed by atoms with van der Waals surface area (Å²) < 4.78 is 0.857. The maximum absolute atomic E-state index is 13.0. The number of halogens is 2. The fourth-order valence-electron chi connectivity index (χ4n) is 3.19. The average molecular weight is 424 g/mol. The van der Waals surface area contributed by atoms with Crippen molar-refractivity contribution in [2.24, 2.45) is 0 Å². The van der Waals surface area contributed by atoms with Crippen LogP contribution in [0.4, 0.5) is 11.4 Å². The summed E-state index contributed by atoms with van der Waals surface area (Å²) in [5, 5.41) is 3.09. The number of nitrogens with one attached hydrogen (secondary N) is 1. The van der Waals surface area contributed by atoms with Crippen molar-refractivity contribution in [1.82, 2.24) is 0 Å². The van der Waals surface area contributed by atoms with Crippen LogP contribution in [0.2, 0.25) is 5.02 Å². The standard InChI is InChI=1S/C17H12BrClN2O2S/c1-9-15(22)21(12-4-2-3-11(19)8-12)17(24-9)13-7-10(18)5-6-14(13)20-16(17)23/h2-9H,1H3,(H,20,23)/t9-,17+/m1/s1. The second-order valence-corrected chi connectivity index (χ2v) is 8.59. The van der Waals surface area contributed by atoms with Crippen LogP contribution in [0.5, 0.6) is 0 Å². The Kier molecular flexibility index (Phi) is 3.67. The summed E-state index contributed by atoms with van der Waals surface area (Å²) in [4.78, 5) is 26.3. The van der Waals surface area contributed by atoms with Gasteiger partial charge < -0.3 is 5.32 Å². The largest absolute Gasteiger partial charge is 0.323 e. The second-order valence-electron chi connectivity index (χ2n) is 5.70. The van der Waals surface area contributed by atoms with Crippen LogP contribution in [-0.2, 0) is 14.5 Å². The minimum Gasteiger partial charge on any atom is -0.323 e. The van der Waals surface area contributed by atoms with Gasteiger partial charge in [0.15, 0.2) is 0 Å². The summed E-state index contributed by atoms with van der Waals surface area (Å²) in [6, 6.07) is 12.6. The molecule has 0 aliphatic carbocycles. The van der Waals surface area contributed by atoms with Crippen LogP contribution >= 0.6 is 39.3 Å². The molecule has 2 atom stereocenters. The lowest BCUT2D eigenvalue weighted by Crippen LogP contribution is -2.47. The van der Waals surface area contributed by atoms with Gasteiger partial charge in [-0.2, -0.15) is 0 Å². The molecule has 2 aliphatic heterocycles. The number of carbonyl (C=O) groups excluding carboxylic acids is 2. The molecule has 0 radical (unpaired) electrons. The van der Waals surface area contributed by atoms with E-state index in [1.54, 1.807) is 29.2 Å². The van der Waals surface area contributed by atoms with Gasteiger partial charge in [-0.15, -0.1) is 11.8 Å². The first-order valence-corrected chi connectivity index (χ1v) is 9.37. The van der Waals surface area contributed by atoms with Crippen LogP contribution in [0.3, 0.4) is 0 Å². The van der Waals surface area contributed by atoms with E-state index in [-0.39, 0.29) is 17.1 Å². The van der Waals surface area contributed by atoms with E-state index < -0.39 is 4.87 Å². The van der Waals surface area contributed by atoms with Gasteiger partial charge in [-0.05, 0) is 43.3 Å². The lowest BCUT2D eigenvalue weighted by molar-refractivity contribution is -0.122. The smallest absolute Gasteiger partial charge is 0.266 e. The number of rotatable bonds is 1.